The Kier molecular flexibility index (Phi) is 6.64. The van der Waals surface area contributed by atoms with Gasteiger partial charge in [-0.15, -0.1) is 0 Å². The number of ether oxygens (including phenoxy) is 1. The molecule has 9 heteroatoms. The van der Waals surface area contributed by atoms with Gasteiger partial charge < -0.3 is 15.0 Å². The molecule has 1 aliphatic rings. The van der Waals surface area contributed by atoms with E-state index in [1.165, 1.54) is 12.1 Å². The fourth-order valence-corrected chi connectivity index (χ4v) is 4.70. The van der Waals surface area contributed by atoms with E-state index >= 15 is 0 Å². The second-order valence-electron chi connectivity index (χ2n) is 7.21. The number of carbonyl (C=O) groups excluding carboxylic acids is 1. The maximum absolute atomic E-state index is 12.8. The third-order valence-electron chi connectivity index (χ3n) is 5.03. The summed E-state index contributed by atoms with van der Waals surface area (Å²) in [6.45, 7) is 3.00. The van der Waals surface area contributed by atoms with Gasteiger partial charge in [0.05, 0.1) is 28.8 Å². The Balaban J connectivity index is 1.46. The average molecular weight is 472 g/mol. The normalized spacial score (nSPS) is 14.1. The summed E-state index contributed by atoms with van der Waals surface area (Å²) < 4.78 is 33.3. The van der Waals surface area contributed by atoms with Crippen LogP contribution in [0.4, 0.5) is 17.1 Å². The molecule has 0 aliphatic carbocycles. The number of amides is 1. The summed E-state index contributed by atoms with van der Waals surface area (Å²) in [5.74, 6) is -0.327. The predicted octanol–water partition coefficient (Wildman–Crippen LogP) is 4.23. The quantitative estimate of drug-likeness (QED) is 0.561. The maximum atomic E-state index is 12.8. The molecule has 1 amide bonds. The molecule has 0 bridgehead atoms. The number of nitrogens with zero attached hydrogens (tertiary/aromatic N) is 1. The van der Waals surface area contributed by atoms with Crippen LogP contribution in [0.2, 0.25) is 5.02 Å². The largest absolute Gasteiger partial charge is 0.378 e. The number of carbonyl (C=O) groups is 1. The Morgan fingerprint density at radius 2 is 1.66 bits per heavy atom. The van der Waals surface area contributed by atoms with Gasteiger partial charge in [0.15, 0.2) is 0 Å². The van der Waals surface area contributed by atoms with Crippen LogP contribution >= 0.6 is 11.6 Å². The van der Waals surface area contributed by atoms with Crippen molar-refractivity contribution >= 4 is 44.6 Å². The molecule has 0 saturated carbocycles. The lowest BCUT2D eigenvalue weighted by Gasteiger charge is -2.28. The van der Waals surface area contributed by atoms with Crippen LogP contribution in [-0.4, -0.2) is 40.6 Å². The summed E-state index contributed by atoms with van der Waals surface area (Å²) in [5, 5.41) is 3.05. The zero-order valence-electron chi connectivity index (χ0n) is 17.1. The maximum Gasteiger partial charge on any atom is 0.262 e. The Morgan fingerprint density at radius 1 is 0.938 bits per heavy atom. The van der Waals surface area contributed by atoms with Crippen molar-refractivity contribution in [3.63, 3.8) is 0 Å². The van der Waals surface area contributed by atoms with Gasteiger partial charge in [-0.2, -0.15) is 0 Å². The first-order valence-corrected chi connectivity index (χ1v) is 11.9. The molecule has 0 aromatic heterocycles. The topological polar surface area (TPSA) is 87.7 Å². The lowest BCUT2D eigenvalue weighted by atomic mass is 10.1. The predicted molar refractivity (Wildman–Crippen MR) is 126 cm³/mol. The minimum Gasteiger partial charge on any atom is -0.378 e. The monoisotopic (exact) mass is 471 g/mol. The van der Waals surface area contributed by atoms with Crippen LogP contribution in [-0.2, 0) is 14.8 Å². The van der Waals surface area contributed by atoms with E-state index in [1.807, 2.05) is 12.1 Å². The molecular weight excluding hydrogens is 450 g/mol. The first-order valence-electron chi connectivity index (χ1n) is 10.0. The van der Waals surface area contributed by atoms with Crippen LogP contribution in [0, 0.1) is 0 Å². The average Bonchev–Trinajstić information content (AvgIpc) is 2.81. The van der Waals surface area contributed by atoms with Gasteiger partial charge >= 0.3 is 0 Å². The van der Waals surface area contributed by atoms with Crippen molar-refractivity contribution in [3.8, 4) is 0 Å². The highest BCUT2D eigenvalue weighted by Crippen LogP contribution is 2.25. The first-order chi connectivity index (χ1) is 15.4. The SMILES string of the molecule is O=C(Nc1cccc(S(=O)(=O)Nc2ccccc2Cl)c1)c1ccc(N2CCOCC2)cc1. The van der Waals surface area contributed by atoms with Crippen LogP contribution in [0.25, 0.3) is 0 Å². The third-order valence-corrected chi connectivity index (χ3v) is 6.72. The van der Waals surface area contributed by atoms with Crippen LogP contribution in [0.1, 0.15) is 10.4 Å². The standard InChI is InChI=1S/C23H22ClN3O4S/c24-21-6-1-2-7-22(21)26-32(29,30)20-5-3-4-18(16-20)25-23(28)17-8-10-19(11-9-17)27-12-14-31-15-13-27/h1-11,16,26H,12-15H2,(H,25,28). The number of hydrogen-bond donors (Lipinski definition) is 2. The van der Waals surface area contributed by atoms with E-state index in [4.69, 9.17) is 16.3 Å². The number of sulfonamides is 1. The van der Waals surface area contributed by atoms with Crippen molar-refractivity contribution in [2.45, 2.75) is 4.90 Å². The van der Waals surface area contributed by atoms with Gasteiger partial charge in [0, 0.05) is 30.0 Å². The van der Waals surface area contributed by atoms with Crippen molar-refractivity contribution in [2.75, 3.05) is 41.2 Å². The highest BCUT2D eigenvalue weighted by molar-refractivity contribution is 7.92. The van der Waals surface area contributed by atoms with Gasteiger partial charge in [-0.25, -0.2) is 8.42 Å². The van der Waals surface area contributed by atoms with E-state index in [-0.39, 0.29) is 16.5 Å². The van der Waals surface area contributed by atoms with Gasteiger partial charge in [-0.3, -0.25) is 9.52 Å². The number of morpholine rings is 1. The number of hydrogen-bond acceptors (Lipinski definition) is 5. The third kappa shape index (κ3) is 5.21. The molecule has 0 spiro atoms. The van der Waals surface area contributed by atoms with Crippen molar-refractivity contribution in [3.05, 3.63) is 83.4 Å². The van der Waals surface area contributed by atoms with Crippen LogP contribution in [0.15, 0.2) is 77.7 Å². The van der Waals surface area contributed by atoms with E-state index in [9.17, 15) is 13.2 Å². The van der Waals surface area contributed by atoms with Crippen molar-refractivity contribution in [1.29, 1.82) is 0 Å². The lowest BCUT2D eigenvalue weighted by molar-refractivity contribution is 0.102. The molecule has 0 atom stereocenters. The van der Waals surface area contributed by atoms with Crippen molar-refractivity contribution < 1.29 is 17.9 Å². The molecule has 32 heavy (non-hydrogen) atoms. The summed E-state index contributed by atoms with van der Waals surface area (Å²) in [6, 6.07) is 19.9. The molecule has 166 valence electrons. The summed E-state index contributed by atoms with van der Waals surface area (Å²) in [7, 11) is -3.88. The number of halogens is 1. The fraction of sp³-hybridized carbons (Fsp3) is 0.174. The Hall–Kier alpha value is -3.07. The minimum atomic E-state index is -3.88. The van der Waals surface area contributed by atoms with Gasteiger partial charge in [-0.1, -0.05) is 29.8 Å². The second-order valence-corrected chi connectivity index (χ2v) is 9.30. The molecule has 1 fully saturated rings. The second kappa shape index (κ2) is 9.60. The zero-order chi connectivity index (χ0) is 22.6. The highest BCUT2D eigenvalue weighted by atomic mass is 35.5. The molecule has 1 saturated heterocycles. The van der Waals surface area contributed by atoms with Gasteiger partial charge in [0.1, 0.15) is 0 Å². The van der Waals surface area contributed by atoms with Crippen molar-refractivity contribution in [2.24, 2.45) is 0 Å². The molecule has 0 unspecified atom stereocenters. The first kappa shape index (κ1) is 22.1. The zero-order valence-corrected chi connectivity index (χ0v) is 18.7. The highest BCUT2D eigenvalue weighted by Gasteiger charge is 2.17. The number of anilines is 3. The molecule has 0 radical (unpaired) electrons. The molecule has 3 aromatic rings. The number of rotatable bonds is 6. The Morgan fingerprint density at radius 3 is 2.38 bits per heavy atom. The summed E-state index contributed by atoms with van der Waals surface area (Å²) in [4.78, 5) is 14.9. The summed E-state index contributed by atoms with van der Waals surface area (Å²) >= 11 is 6.05. The number of nitrogens with one attached hydrogen (secondary N) is 2. The summed E-state index contributed by atoms with van der Waals surface area (Å²) in [5.41, 5.74) is 2.16. The van der Waals surface area contributed by atoms with Gasteiger partial charge in [0.25, 0.3) is 15.9 Å². The van der Waals surface area contributed by atoms with Gasteiger partial charge in [-0.05, 0) is 54.6 Å². The smallest absolute Gasteiger partial charge is 0.262 e. The lowest BCUT2D eigenvalue weighted by Crippen LogP contribution is -2.36. The fourth-order valence-electron chi connectivity index (χ4n) is 3.34. The molecule has 1 aliphatic heterocycles. The molecular formula is C23H22ClN3O4S. The van der Waals surface area contributed by atoms with E-state index in [0.29, 0.717) is 29.5 Å². The van der Waals surface area contributed by atoms with E-state index in [0.717, 1.165) is 18.8 Å². The van der Waals surface area contributed by atoms with Crippen LogP contribution in [0.3, 0.4) is 0 Å². The summed E-state index contributed by atoms with van der Waals surface area (Å²) in [6.07, 6.45) is 0. The van der Waals surface area contributed by atoms with Crippen LogP contribution < -0.4 is 14.9 Å². The Bertz CT molecular complexity index is 1210. The van der Waals surface area contributed by atoms with Crippen LogP contribution in [0.5, 0.6) is 0 Å². The number of benzene rings is 3. The molecule has 7 nitrogen and oxygen atoms in total. The molecule has 2 N–H and O–H groups in total. The van der Waals surface area contributed by atoms with Gasteiger partial charge in [0.2, 0.25) is 0 Å². The Labute approximate surface area is 192 Å². The molecule has 4 rings (SSSR count). The van der Waals surface area contributed by atoms with E-state index in [1.54, 1.807) is 48.5 Å². The number of para-hydroxylation sites is 1. The minimum absolute atomic E-state index is 0.0119. The van der Waals surface area contributed by atoms with E-state index < -0.39 is 10.0 Å². The molecule has 3 aromatic carbocycles. The molecule has 1 heterocycles. The van der Waals surface area contributed by atoms with E-state index in [2.05, 4.69) is 14.9 Å². The van der Waals surface area contributed by atoms with Crippen molar-refractivity contribution in [1.82, 2.24) is 0 Å².